The summed E-state index contributed by atoms with van der Waals surface area (Å²) in [7, 11) is 2.90. The van der Waals surface area contributed by atoms with Crippen LogP contribution in [0.1, 0.15) is 50.7 Å². The number of nitrogens with one attached hydrogen (secondary N) is 2. The van der Waals surface area contributed by atoms with Crippen molar-refractivity contribution in [2.75, 3.05) is 27.2 Å². The van der Waals surface area contributed by atoms with Gasteiger partial charge in [-0.25, -0.2) is 9.86 Å². The zero-order valence-corrected chi connectivity index (χ0v) is 22.9. The Bertz CT molecular complexity index is 1030. The van der Waals surface area contributed by atoms with Crippen LogP contribution in [0.3, 0.4) is 0 Å². The predicted molar refractivity (Wildman–Crippen MR) is 145 cm³/mol. The first kappa shape index (κ1) is 29.1. The van der Waals surface area contributed by atoms with Crippen molar-refractivity contribution in [2.24, 2.45) is 5.41 Å². The molecular weight excluding hydrogens is 484 g/mol. The second-order valence-electron chi connectivity index (χ2n) is 10.8. The van der Waals surface area contributed by atoms with E-state index in [2.05, 4.69) is 34.9 Å². The Morgan fingerprint density at radius 3 is 2.13 bits per heavy atom. The molecule has 0 radical (unpaired) electrons. The van der Waals surface area contributed by atoms with Crippen molar-refractivity contribution in [2.45, 2.75) is 57.7 Å². The smallest absolute Gasteiger partial charge is 0.404 e. The van der Waals surface area contributed by atoms with Crippen LogP contribution in [0.15, 0.2) is 60.7 Å². The standard InChI is InChI=1S/C29H40N4O5/c1-29(2,3)26(31-28(36)37)23-16-17-33(27(35)24(30-23)18-25(34)32(4)38-5)19-22(20-12-8-6-9-13-20)21-14-10-7-11-15-21/h6-15,22-24,26,30-31H,16-19H2,1-5H3,(H,36,37)/t23-,24-,26?/m0/s1. The van der Waals surface area contributed by atoms with Crippen molar-refractivity contribution < 1.29 is 24.3 Å². The van der Waals surface area contributed by atoms with Crippen LogP contribution in [0, 0.1) is 5.41 Å². The van der Waals surface area contributed by atoms with Gasteiger partial charge in [-0.3, -0.25) is 14.4 Å². The third-order valence-electron chi connectivity index (χ3n) is 7.16. The Morgan fingerprint density at radius 1 is 1.11 bits per heavy atom. The number of carbonyl (C=O) groups is 3. The van der Waals surface area contributed by atoms with E-state index in [9.17, 15) is 19.5 Å². The molecule has 1 heterocycles. The molecule has 206 valence electrons. The highest BCUT2D eigenvalue weighted by Crippen LogP contribution is 2.29. The number of hydrogen-bond donors (Lipinski definition) is 3. The molecule has 2 aromatic rings. The number of benzene rings is 2. The van der Waals surface area contributed by atoms with Gasteiger partial charge in [0.1, 0.15) is 0 Å². The van der Waals surface area contributed by atoms with Gasteiger partial charge in [-0.15, -0.1) is 0 Å². The molecule has 3 atom stereocenters. The minimum atomic E-state index is -1.13. The average molecular weight is 525 g/mol. The number of hydrogen-bond acceptors (Lipinski definition) is 5. The molecule has 0 spiro atoms. The second-order valence-corrected chi connectivity index (χ2v) is 10.8. The first-order valence-corrected chi connectivity index (χ1v) is 13.0. The SMILES string of the molecule is CON(C)C(=O)C[C@@H]1N[C@H](C(NC(=O)O)C(C)(C)C)CCN(CC(c2ccccc2)c2ccccc2)C1=O. The fourth-order valence-corrected chi connectivity index (χ4v) is 5.08. The van der Waals surface area contributed by atoms with Crippen LogP contribution in [0.4, 0.5) is 4.79 Å². The highest BCUT2D eigenvalue weighted by atomic mass is 16.7. The van der Waals surface area contributed by atoms with Crippen LogP contribution < -0.4 is 10.6 Å². The van der Waals surface area contributed by atoms with E-state index in [0.29, 0.717) is 19.5 Å². The van der Waals surface area contributed by atoms with Crippen LogP contribution in [0.2, 0.25) is 0 Å². The van der Waals surface area contributed by atoms with E-state index in [1.807, 2.05) is 62.1 Å². The number of hydroxylamine groups is 2. The third-order valence-corrected chi connectivity index (χ3v) is 7.16. The Balaban J connectivity index is 1.96. The van der Waals surface area contributed by atoms with Gasteiger partial charge in [0.2, 0.25) is 11.8 Å². The van der Waals surface area contributed by atoms with Crippen LogP contribution in [-0.2, 0) is 14.4 Å². The summed E-state index contributed by atoms with van der Waals surface area (Å²) in [6, 6.07) is 18.4. The van der Waals surface area contributed by atoms with Crippen molar-refractivity contribution >= 4 is 17.9 Å². The van der Waals surface area contributed by atoms with E-state index in [4.69, 9.17) is 4.84 Å². The van der Waals surface area contributed by atoms with Gasteiger partial charge in [-0.05, 0) is 23.0 Å². The Kier molecular flexibility index (Phi) is 9.88. The molecule has 9 nitrogen and oxygen atoms in total. The first-order valence-electron chi connectivity index (χ1n) is 13.0. The van der Waals surface area contributed by atoms with E-state index in [0.717, 1.165) is 16.2 Å². The van der Waals surface area contributed by atoms with E-state index in [1.54, 1.807) is 0 Å². The molecule has 9 heteroatoms. The largest absolute Gasteiger partial charge is 0.465 e. The van der Waals surface area contributed by atoms with Gasteiger partial charge in [0, 0.05) is 32.1 Å². The lowest BCUT2D eigenvalue weighted by Gasteiger charge is -2.37. The number of amides is 3. The summed E-state index contributed by atoms with van der Waals surface area (Å²) < 4.78 is 0. The molecule has 1 aliphatic rings. The Morgan fingerprint density at radius 2 is 1.66 bits per heavy atom. The highest BCUT2D eigenvalue weighted by Gasteiger charge is 2.40. The zero-order valence-electron chi connectivity index (χ0n) is 22.9. The molecule has 1 fully saturated rings. The second kappa shape index (κ2) is 12.9. The molecule has 0 aromatic heterocycles. The van der Waals surface area contributed by atoms with E-state index < -0.39 is 23.6 Å². The van der Waals surface area contributed by atoms with Crippen molar-refractivity contribution in [3.8, 4) is 0 Å². The molecular formula is C29H40N4O5. The Hall–Kier alpha value is -3.43. The van der Waals surface area contributed by atoms with Crippen LogP contribution in [-0.4, -0.2) is 78.3 Å². The molecule has 3 N–H and O–H groups in total. The lowest BCUT2D eigenvalue weighted by atomic mass is 9.81. The summed E-state index contributed by atoms with van der Waals surface area (Å²) in [6.07, 6.45) is -0.713. The lowest BCUT2D eigenvalue weighted by molar-refractivity contribution is -0.170. The monoisotopic (exact) mass is 524 g/mol. The maximum Gasteiger partial charge on any atom is 0.404 e. The molecule has 0 bridgehead atoms. The number of rotatable bonds is 9. The van der Waals surface area contributed by atoms with Gasteiger partial charge in [-0.2, -0.15) is 0 Å². The summed E-state index contributed by atoms with van der Waals surface area (Å²) in [5, 5.41) is 16.7. The molecule has 2 aromatic carbocycles. The quantitative estimate of drug-likeness (QED) is 0.433. The Labute approximate surface area is 225 Å². The van der Waals surface area contributed by atoms with Crippen LogP contribution in [0.5, 0.6) is 0 Å². The van der Waals surface area contributed by atoms with Gasteiger partial charge in [0.25, 0.3) is 0 Å². The van der Waals surface area contributed by atoms with Crippen LogP contribution in [0.25, 0.3) is 0 Å². The maximum absolute atomic E-state index is 13.9. The van der Waals surface area contributed by atoms with Gasteiger partial charge < -0.3 is 20.6 Å². The molecule has 1 unspecified atom stereocenters. The number of nitrogens with zero attached hydrogens (tertiary/aromatic N) is 2. The van der Waals surface area contributed by atoms with Gasteiger partial charge in [0.05, 0.1) is 25.6 Å². The van der Waals surface area contributed by atoms with Crippen molar-refractivity contribution in [3.05, 3.63) is 71.8 Å². The minimum Gasteiger partial charge on any atom is -0.465 e. The number of carbonyl (C=O) groups excluding carboxylic acids is 2. The molecule has 0 saturated carbocycles. The lowest BCUT2D eigenvalue weighted by Crippen LogP contribution is -2.59. The normalized spacial score (nSPS) is 19.1. The van der Waals surface area contributed by atoms with E-state index in [-0.39, 0.29) is 30.2 Å². The fraction of sp³-hybridized carbons (Fsp3) is 0.483. The summed E-state index contributed by atoms with van der Waals surface area (Å²) in [5.74, 6) is -0.600. The molecule has 1 aliphatic heterocycles. The first-order chi connectivity index (χ1) is 18.0. The summed E-state index contributed by atoms with van der Waals surface area (Å²) in [5.41, 5.74) is 1.75. The molecule has 0 aliphatic carbocycles. The summed E-state index contributed by atoms with van der Waals surface area (Å²) in [4.78, 5) is 45.3. The number of carboxylic acid groups (broad SMARTS) is 1. The molecule has 1 saturated heterocycles. The molecule has 38 heavy (non-hydrogen) atoms. The predicted octanol–water partition coefficient (Wildman–Crippen LogP) is 3.47. The third kappa shape index (κ3) is 7.55. The van der Waals surface area contributed by atoms with E-state index >= 15 is 0 Å². The zero-order chi connectivity index (χ0) is 27.9. The summed E-state index contributed by atoms with van der Waals surface area (Å²) in [6.45, 7) is 6.72. The van der Waals surface area contributed by atoms with Crippen molar-refractivity contribution in [1.82, 2.24) is 20.6 Å². The van der Waals surface area contributed by atoms with Crippen molar-refractivity contribution in [3.63, 3.8) is 0 Å². The fourth-order valence-electron chi connectivity index (χ4n) is 5.08. The van der Waals surface area contributed by atoms with Gasteiger partial charge >= 0.3 is 6.09 Å². The van der Waals surface area contributed by atoms with Crippen LogP contribution >= 0.6 is 0 Å². The van der Waals surface area contributed by atoms with E-state index in [1.165, 1.54) is 14.2 Å². The van der Waals surface area contributed by atoms with Crippen molar-refractivity contribution in [1.29, 1.82) is 0 Å². The van der Waals surface area contributed by atoms with Gasteiger partial charge in [0.15, 0.2) is 0 Å². The minimum absolute atomic E-state index is 0.0635. The summed E-state index contributed by atoms with van der Waals surface area (Å²) >= 11 is 0. The van der Waals surface area contributed by atoms with Gasteiger partial charge in [-0.1, -0.05) is 81.4 Å². The maximum atomic E-state index is 13.9. The topological polar surface area (TPSA) is 111 Å². The average Bonchev–Trinajstić information content (AvgIpc) is 3.04. The molecule has 3 rings (SSSR count). The molecule has 3 amide bonds. The highest BCUT2D eigenvalue weighted by molar-refractivity contribution is 5.88.